The van der Waals surface area contributed by atoms with E-state index in [9.17, 15) is 35.9 Å². The third-order valence-electron chi connectivity index (χ3n) is 4.97. The van der Waals surface area contributed by atoms with E-state index in [0.29, 0.717) is 12.8 Å². The standard InChI is InChI=1S/C21H18F6N2O2/c22-20(23,24)15-6-1-4-13(10-15)19(31)29-9-3-5-14(12-29)18(30)28-17-8-2-7-16(11-17)21(25,26)27/h1-2,4,6-8,10-11,14H,3,5,9,12H2,(H,28,30)/t14-/m0/s1. The Bertz CT molecular complexity index is 971. The van der Waals surface area contributed by atoms with Gasteiger partial charge in [0.1, 0.15) is 0 Å². The molecule has 2 amide bonds. The number of benzene rings is 2. The number of hydrogen-bond donors (Lipinski definition) is 1. The fourth-order valence-electron chi connectivity index (χ4n) is 3.40. The highest BCUT2D eigenvalue weighted by atomic mass is 19.4. The number of hydrogen-bond acceptors (Lipinski definition) is 2. The van der Waals surface area contributed by atoms with Crippen LogP contribution in [0.15, 0.2) is 48.5 Å². The molecule has 0 aliphatic carbocycles. The first-order valence-corrected chi connectivity index (χ1v) is 9.40. The summed E-state index contributed by atoms with van der Waals surface area (Å²) in [5.41, 5.74) is -2.03. The molecule has 31 heavy (non-hydrogen) atoms. The Hall–Kier alpha value is -3.04. The van der Waals surface area contributed by atoms with Crippen LogP contribution in [0.2, 0.25) is 0 Å². The number of nitrogens with zero attached hydrogens (tertiary/aromatic N) is 1. The quantitative estimate of drug-likeness (QED) is 0.661. The molecule has 0 saturated carbocycles. The number of rotatable bonds is 3. The fraction of sp³-hybridized carbons (Fsp3) is 0.333. The lowest BCUT2D eigenvalue weighted by molar-refractivity contribution is -0.138. The zero-order valence-corrected chi connectivity index (χ0v) is 16.1. The van der Waals surface area contributed by atoms with Gasteiger partial charge in [-0.05, 0) is 49.2 Å². The monoisotopic (exact) mass is 444 g/mol. The molecule has 0 aromatic heterocycles. The van der Waals surface area contributed by atoms with Crippen molar-refractivity contribution in [3.8, 4) is 0 Å². The van der Waals surface area contributed by atoms with Crippen LogP contribution in [0.5, 0.6) is 0 Å². The molecule has 10 heteroatoms. The zero-order chi connectivity index (χ0) is 22.8. The largest absolute Gasteiger partial charge is 0.416 e. The predicted molar refractivity (Wildman–Crippen MR) is 100 cm³/mol. The SMILES string of the molecule is O=C(Nc1cccc(C(F)(F)F)c1)[C@H]1CCCN(C(=O)c2cccc(C(F)(F)F)c2)C1. The van der Waals surface area contributed by atoms with E-state index < -0.39 is 41.2 Å². The first-order chi connectivity index (χ1) is 14.4. The molecule has 1 saturated heterocycles. The maximum Gasteiger partial charge on any atom is 0.416 e. The Kier molecular flexibility index (Phi) is 6.28. The molecule has 1 aliphatic rings. The Balaban J connectivity index is 1.69. The molecule has 1 fully saturated rings. The molecule has 0 unspecified atom stereocenters. The van der Waals surface area contributed by atoms with E-state index in [0.717, 1.165) is 30.3 Å². The van der Waals surface area contributed by atoms with Crippen LogP contribution in [0.3, 0.4) is 0 Å². The van der Waals surface area contributed by atoms with Gasteiger partial charge in [-0.1, -0.05) is 12.1 Å². The zero-order valence-electron chi connectivity index (χ0n) is 16.1. The van der Waals surface area contributed by atoms with Crippen molar-refractivity contribution in [3.05, 3.63) is 65.2 Å². The maximum atomic E-state index is 12.9. The molecule has 4 nitrogen and oxygen atoms in total. The van der Waals surface area contributed by atoms with Crippen LogP contribution in [-0.2, 0) is 17.1 Å². The van der Waals surface area contributed by atoms with E-state index in [1.165, 1.54) is 23.1 Å². The number of anilines is 1. The lowest BCUT2D eigenvalue weighted by Gasteiger charge is -2.32. The van der Waals surface area contributed by atoms with Gasteiger partial charge in [0.15, 0.2) is 0 Å². The van der Waals surface area contributed by atoms with Crippen molar-refractivity contribution in [1.29, 1.82) is 0 Å². The minimum atomic E-state index is -4.59. The smallest absolute Gasteiger partial charge is 0.338 e. The first-order valence-electron chi connectivity index (χ1n) is 9.40. The molecule has 0 spiro atoms. The van der Waals surface area contributed by atoms with E-state index in [1.807, 2.05) is 0 Å². The van der Waals surface area contributed by atoms with Gasteiger partial charge in [0, 0.05) is 24.3 Å². The molecule has 0 radical (unpaired) electrons. The number of carbonyl (C=O) groups is 2. The van der Waals surface area contributed by atoms with Gasteiger partial charge >= 0.3 is 12.4 Å². The van der Waals surface area contributed by atoms with Crippen LogP contribution in [0.1, 0.15) is 34.3 Å². The summed E-state index contributed by atoms with van der Waals surface area (Å²) in [5.74, 6) is -1.89. The van der Waals surface area contributed by atoms with Gasteiger partial charge in [-0.2, -0.15) is 26.3 Å². The van der Waals surface area contributed by atoms with Gasteiger partial charge in [0.2, 0.25) is 5.91 Å². The highest BCUT2D eigenvalue weighted by Gasteiger charge is 2.33. The second-order valence-corrected chi connectivity index (χ2v) is 7.24. The molecule has 1 heterocycles. The molecular formula is C21H18F6N2O2. The average Bonchev–Trinajstić information content (AvgIpc) is 2.72. The number of piperidine rings is 1. The molecule has 1 N–H and O–H groups in total. The minimum Gasteiger partial charge on any atom is -0.338 e. The van der Waals surface area contributed by atoms with Crippen molar-refractivity contribution in [2.24, 2.45) is 5.92 Å². The van der Waals surface area contributed by atoms with Crippen LogP contribution < -0.4 is 5.32 Å². The summed E-state index contributed by atoms with van der Waals surface area (Å²) in [7, 11) is 0. The van der Waals surface area contributed by atoms with E-state index in [-0.39, 0.29) is 24.3 Å². The second kappa shape index (κ2) is 8.60. The normalized spacial score (nSPS) is 17.4. The lowest BCUT2D eigenvalue weighted by atomic mass is 9.96. The molecule has 1 aliphatic heterocycles. The molecule has 2 aromatic rings. The van der Waals surface area contributed by atoms with Crippen molar-refractivity contribution in [1.82, 2.24) is 4.90 Å². The van der Waals surface area contributed by atoms with Gasteiger partial charge in [0.05, 0.1) is 17.0 Å². The van der Waals surface area contributed by atoms with Crippen LogP contribution in [-0.4, -0.2) is 29.8 Å². The summed E-state index contributed by atoms with van der Waals surface area (Å²) in [6.07, 6.45) is -8.31. The molecule has 166 valence electrons. The number of nitrogens with one attached hydrogen (secondary N) is 1. The van der Waals surface area contributed by atoms with Crippen LogP contribution >= 0.6 is 0 Å². The van der Waals surface area contributed by atoms with E-state index in [2.05, 4.69) is 5.32 Å². The number of likely N-dealkylation sites (tertiary alicyclic amines) is 1. The average molecular weight is 444 g/mol. The predicted octanol–water partition coefficient (Wildman–Crippen LogP) is 5.22. The van der Waals surface area contributed by atoms with Gasteiger partial charge in [0.25, 0.3) is 5.91 Å². The molecule has 0 bridgehead atoms. The Morgan fingerprint density at radius 2 is 1.52 bits per heavy atom. The summed E-state index contributed by atoms with van der Waals surface area (Å²) < 4.78 is 77.2. The van der Waals surface area contributed by atoms with Gasteiger partial charge < -0.3 is 10.2 Å². The summed E-state index contributed by atoms with van der Waals surface area (Å²) in [4.78, 5) is 26.5. The van der Waals surface area contributed by atoms with Gasteiger partial charge in [-0.3, -0.25) is 9.59 Å². The molecule has 2 aromatic carbocycles. The Labute approximate surface area is 173 Å². The molecular weight excluding hydrogens is 426 g/mol. The van der Waals surface area contributed by atoms with Crippen molar-refractivity contribution < 1.29 is 35.9 Å². The Morgan fingerprint density at radius 1 is 0.903 bits per heavy atom. The third kappa shape index (κ3) is 5.56. The first kappa shape index (κ1) is 22.6. The summed E-state index contributed by atoms with van der Waals surface area (Å²) in [6.45, 7) is 0.224. The van der Waals surface area contributed by atoms with Crippen LogP contribution in [0, 0.1) is 5.92 Å². The van der Waals surface area contributed by atoms with Crippen molar-refractivity contribution in [2.45, 2.75) is 25.2 Å². The van der Waals surface area contributed by atoms with E-state index in [4.69, 9.17) is 0 Å². The van der Waals surface area contributed by atoms with Crippen molar-refractivity contribution in [2.75, 3.05) is 18.4 Å². The number of halogens is 6. The summed E-state index contributed by atoms with van der Waals surface area (Å²) >= 11 is 0. The molecule has 3 rings (SSSR count). The number of alkyl halides is 6. The van der Waals surface area contributed by atoms with E-state index in [1.54, 1.807) is 0 Å². The van der Waals surface area contributed by atoms with Crippen molar-refractivity contribution in [3.63, 3.8) is 0 Å². The second-order valence-electron chi connectivity index (χ2n) is 7.24. The summed E-state index contributed by atoms with van der Waals surface area (Å²) in [6, 6.07) is 8.21. The van der Waals surface area contributed by atoms with Crippen LogP contribution in [0.25, 0.3) is 0 Å². The highest BCUT2D eigenvalue weighted by molar-refractivity contribution is 5.96. The van der Waals surface area contributed by atoms with Crippen LogP contribution in [0.4, 0.5) is 32.0 Å². The number of amides is 2. The number of carbonyl (C=O) groups excluding carboxylic acids is 2. The lowest BCUT2D eigenvalue weighted by Crippen LogP contribution is -2.43. The highest BCUT2D eigenvalue weighted by Crippen LogP contribution is 2.32. The maximum absolute atomic E-state index is 12.9. The van der Waals surface area contributed by atoms with E-state index >= 15 is 0 Å². The van der Waals surface area contributed by atoms with Gasteiger partial charge in [-0.15, -0.1) is 0 Å². The van der Waals surface area contributed by atoms with Gasteiger partial charge in [-0.25, -0.2) is 0 Å². The third-order valence-corrected chi connectivity index (χ3v) is 4.97. The summed E-state index contributed by atoms with van der Waals surface area (Å²) in [5, 5.41) is 2.43. The Morgan fingerprint density at radius 3 is 2.16 bits per heavy atom. The van der Waals surface area contributed by atoms with Crippen molar-refractivity contribution >= 4 is 17.5 Å². The molecule has 1 atom stereocenters. The topological polar surface area (TPSA) is 49.4 Å². The minimum absolute atomic E-state index is 0.0267. The fourth-order valence-corrected chi connectivity index (χ4v) is 3.40.